The van der Waals surface area contributed by atoms with Gasteiger partial charge in [-0.15, -0.1) is 0 Å². The molecule has 32 heavy (non-hydrogen) atoms. The molecule has 0 spiro atoms. The third kappa shape index (κ3) is 5.29. The van der Waals surface area contributed by atoms with E-state index in [1.54, 1.807) is 60.7 Å². The number of sulfonamides is 1. The number of carbonyl (C=O) groups excluding carboxylic acids is 1. The van der Waals surface area contributed by atoms with Crippen LogP contribution in [0.1, 0.15) is 23.6 Å². The molecule has 168 valence electrons. The number of carbonyl (C=O) groups is 1. The summed E-state index contributed by atoms with van der Waals surface area (Å²) in [5.41, 5.74) is 3.71. The summed E-state index contributed by atoms with van der Waals surface area (Å²) in [7, 11) is -3.97. The molecule has 0 saturated heterocycles. The van der Waals surface area contributed by atoms with Gasteiger partial charge in [0.05, 0.1) is 17.2 Å². The molecule has 0 atom stereocenters. The number of hydrogen-bond acceptors (Lipinski definition) is 4. The minimum atomic E-state index is -3.97. The van der Waals surface area contributed by atoms with Crippen molar-refractivity contribution >= 4 is 27.3 Å². The SMILES string of the molecule is CCOc1cccc(NC(=O)CN(c2cccc(C)c2C)S(=O)(=O)c2ccc(C)cc2)c1. The van der Waals surface area contributed by atoms with Crippen LogP contribution in [0.5, 0.6) is 5.75 Å². The first-order valence-corrected chi connectivity index (χ1v) is 11.8. The van der Waals surface area contributed by atoms with Crippen molar-refractivity contribution < 1.29 is 17.9 Å². The van der Waals surface area contributed by atoms with Crippen LogP contribution in [0.3, 0.4) is 0 Å². The molecule has 0 saturated carbocycles. The van der Waals surface area contributed by atoms with Crippen LogP contribution in [-0.4, -0.2) is 27.5 Å². The third-order valence-electron chi connectivity index (χ3n) is 5.17. The van der Waals surface area contributed by atoms with E-state index in [1.807, 2.05) is 33.8 Å². The molecular weight excluding hydrogens is 424 g/mol. The standard InChI is InChI=1S/C25H28N2O4S/c1-5-31-22-10-7-9-21(16-22)26-25(28)17-27(24-11-6-8-19(3)20(24)4)32(29,30)23-14-12-18(2)13-15-23/h6-16H,5,17H2,1-4H3,(H,26,28). The van der Waals surface area contributed by atoms with Crippen LogP contribution in [-0.2, 0) is 14.8 Å². The summed E-state index contributed by atoms with van der Waals surface area (Å²) in [4.78, 5) is 13.1. The highest BCUT2D eigenvalue weighted by Gasteiger charge is 2.28. The third-order valence-corrected chi connectivity index (χ3v) is 6.94. The smallest absolute Gasteiger partial charge is 0.264 e. The molecular formula is C25H28N2O4S. The van der Waals surface area contributed by atoms with Crippen LogP contribution in [0, 0.1) is 20.8 Å². The maximum absolute atomic E-state index is 13.6. The van der Waals surface area contributed by atoms with Gasteiger partial charge in [-0.2, -0.15) is 0 Å². The van der Waals surface area contributed by atoms with Gasteiger partial charge in [0.1, 0.15) is 12.3 Å². The predicted molar refractivity (Wildman–Crippen MR) is 128 cm³/mol. The highest BCUT2D eigenvalue weighted by Crippen LogP contribution is 2.29. The zero-order chi connectivity index (χ0) is 23.3. The quantitative estimate of drug-likeness (QED) is 0.530. The predicted octanol–water partition coefficient (Wildman–Crippen LogP) is 4.84. The molecule has 0 radical (unpaired) electrons. The summed E-state index contributed by atoms with van der Waals surface area (Å²) in [6.07, 6.45) is 0. The Hall–Kier alpha value is -3.32. The second-order valence-electron chi connectivity index (χ2n) is 7.55. The highest BCUT2D eigenvalue weighted by atomic mass is 32.2. The molecule has 0 aliphatic carbocycles. The molecule has 0 heterocycles. The minimum Gasteiger partial charge on any atom is -0.494 e. The van der Waals surface area contributed by atoms with Crippen LogP contribution < -0.4 is 14.4 Å². The Morgan fingerprint density at radius 1 is 0.969 bits per heavy atom. The Bertz CT molecular complexity index is 1200. The normalized spacial score (nSPS) is 11.1. The molecule has 7 heteroatoms. The highest BCUT2D eigenvalue weighted by molar-refractivity contribution is 7.92. The number of benzene rings is 3. The zero-order valence-electron chi connectivity index (χ0n) is 18.8. The second kappa shape index (κ2) is 9.87. The largest absolute Gasteiger partial charge is 0.494 e. The molecule has 3 aromatic carbocycles. The zero-order valence-corrected chi connectivity index (χ0v) is 19.6. The van der Waals surface area contributed by atoms with Crippen LogP contribution in [0.25, 0.3) is 0 Å². The second-order valence-corrected chi connectivity index (χ2v) is 9.42. The van der Waals surface area contributed by atoms with Crippen molar-refractivity contribution in [2.24, 2.45) is 0 Å². The van der Waals surface area contributed by atoms with Gasteiger partial charge in [0.2, 0.25) is 5.91 Å². The van der Waals surface area contributed by atoms with Crippen molar-refractivity contribution in [2.45, 2.75) is 32.6 Å². The lowest BCUT2D eigenvalue weighted by Gasteiger charge is -2.26. The van der Waals surface area contributed by atoms with E-state index in [0.29, 0.717) is 23.7 Å². The molecule has 1 amide bonds. The van der Waals surface area contributed by atoms with Crippen molar-refractivity contribution in [3.8, 4) is 5.75 Å². The maximum Gasteiger partial charge on any atom is 0.264 e. The van der Waals surface area contributed by atoms with Gasteiger partial charge in [-0.25, -0.2) is 8.42 Å². The summed E-state index contributed by atoms with van der Waals surface area (Å²) >= 11 is 0. The Morgan fingerprint density at radius 3 is 2.34 bits per heavy atom. The average molecular weight is 453 g/mol. The first-order chi connectivity index (χ1) is 15.2. The van der Waals surface area contributed by atoms with Gasteiger partial charge in [0.25, 0.3) is 10.0 Å². The van der Waals surface area contributed by atoms with Crippen LogP contribution >= 0.6 is 0 Å². The Morgan fingerprint density at radius 2 is 1.66 bits per heavy atom. The molecule has 0 aliphatic heterocycles. The van der Waals surface area contributed by atoms with Gasteiger partial charge < -0.3 is 10.1 Å². The topological polar surface area (TPSA) is 75.7 Å². The van der Waals surface area contributed by atoms with Crippen molar-refractivity contribution in [2.75, 3.05) is 22.8 Å². The van der Waals surface area contributed by atoms with E-state index in [2.05, 4.69) is 5.32 Å². The summed E-state index contributed by atoms with van der Waals surface area (Å²) < 4.78 is 33.8. The van der Waals surface area contributed by atoms with Gasteiger partial charge in [0.15, 0.2) is 0 Å². The van der Waals surface area contributed by atoms with E-state index in [0.717, 1.165) is 16.7 Å². The number of anilines is 2. The van der Waals surface area contributed by atoms with E-state index in [-0.39, 0.29) is 11.4 Å². The molecule has 0 bridgehead atoms. The number of aryl methyl sites for hydroxylation is 2. The van der Waals surface area contributed by atoms with Crippen molar-refractivity contribution in [3.05, 3.63) is 83.4 Å². The van der Waals surface area contributed by atoms with Crippen LogP contribution in [0.15, 0.2) is 71.6 Å². The minimum absolute atomic E-state index is 0.134. The lowest BCUT2D eigenvalue weighted by atomic mass is 10.1. The number of nitrogens with zero attached hydrogens (tertiary/aromatic N) is 1. The number of hydrogen-bond donors (Lipinski definition) is 1. The molecule has 0 unspecified atom stereocenters. The molecule has 0 aliphatic rings. The lowest BCUT2D eigenvalue weighted by molar-refractivity contribution is -0.114. The van der Waals surface area contributed by atoms with Crippen molar-refractivity contribution in [1.82, 2.24) is 0 Å². The van der Waals surface area contributed by atoms with Crippen molar-refractivity contribution in [3.63, 3.8) is 0 Å². The number of rotatable bonds is 8. The van der Waals surface area contributed by atoms with E-state index in [9.17, 15) is 13.2 Å². The van der Waals surface area contributed by atoms with E-state index < -0.39 is 15.9 Å². The number of amides is 1. The molecule has 3 aromatic rings. The Kier molecular flexibility index (Phi) is 7.20. The van der Waals surface area contributed by atoms with Gasteiger partial charge in [-0.05, 0) is 69.2 Å². The molecule has 3 rings (SSSR count). The van der Waals surface area contributed by atoms with E-state index >= 15 is 0 Å². The van der Waals surface area contributed by atoms with Gasteiger partial charge >= 0.3 is 0 Å². The number of ether oxygens (including phenoxy) is 1. The summed E-state index contributed by atoms with van der Waals surface area (Å²) in [5, 5.41) is 2.78. The lowest BCUT2D eigenvalue weighted by Crippen LogP contribution is -2.38. The first-order valence-electron chi connectivity index (χ1n) is 10.4. The fourth-order valence-electron chi connectivity index (χ4n) is 3.30. The van der Waals surface area contributed by atoms with E-state index in [1.165, 1.54) is 4.31 Å². The molecule has 6 nitrogen and oxygen atoms in total. The van der Waals surface area contributed by atoms with Crippen LogP contribution in [0.2, 0.25) is 0 Å². The molecule has 0 aromatic heterocycles. The summed E-state index contributed by atoms with van der Waals surface area (Å²) in [5.74, 6) is 0.180. The Balaban J connectivity index is 1.96. The fourth-order valence-corrected chi connectivity index (χ4v) is 4.78. The summed E-state index contributed by atoms with van der Waals surface area (Å²) in [6.45, 7) is 7.68. The van der Waals surface area contributed by atoms with Gasteiger partial charge in [-0.3, -0.25) is 9.10 Å². The fraction of sp³-hybridized carbons (Fsp3) is 0.240. The van der Waals surface area contributed by atoms with E-state index in [4.69, 9.17) is 4.74 Å². The monoisotopic (exact) mass is 452 g/mol. The van der Waals surface area contributed by atoms with Crippen LogP contribution in [0.4, 0.5) is 11.4 Å². The average Bonchev–Trinajstić information content (AvgIpc) is 2.75. The number of nitrogens with one attached hydrogen (secondary N) is 1. The van der Waals surface area contributed by atoms with Gasteiger partial charge in [-0.1, -0.05) is 35.9 Å². The van der Waals surface area contributed by atoms with Gasteiger partial charge in [0, 0.05) is 11.8 Å². The first kappa shape index (κ1) is 23.3. The maximum atomic E-state index is 13.6. The molecule has 0 fully saturated rings. The Labute approximate surface area is 189 Å². The molecule has 1 N–H and O–H groups in total. The summed E-state index contributed by atoms with van der Waals surface area (Å²) in [6, 6.07) is 19.0. The van der Waals surface area contributed by atoms with Crippen molar-refractivity contribution in [1.29, 1.82) is 0 Å².